The van der Waals surface area contributed by atoms with Crippen molar-refractivity contribution < 1.29 is 19.4 Å². The van der Waals surface area contributed by atoms with Gasteiger partial charge in [0.2, 0.25) is 0 Å². The smallest absolute Gasteiger partial charge is 0.339 e. The molecule has 2 aromatic carbocycles. The summed E-state index contributed by atoms with van der Waals surface area (Å²) in [5, 5.41) is 12.3. The van der Waals surface area contributed by atoms with Crippen molar-refractivity contribution in [3.8, 4) is 5.75 Å². The largest absolute Gasteiger partial charge is 0.483 e. The molecular weight excluding hydrogens is 306 g/mol. The van der Waals surface area contributed by atoms with Crippen LogP contribution in [0.4, 0.5) is 0 Å². The quantitative estimate of drug-likeness (QED) is 0.858. The van der Waals surface area contributed by atoms with Crippen molar-refractivity contribution in [2.75, 3.05) is 6.61 Å². The average Bonchev–Trinajstić information content (AvgIpc) is 2.51. The fraction of sp³-hybridized carbons (Fsp3) is 0.125. The van der Waals surface area contributed by atoms with Gasteiger partial charge in [0.05, 0.1) is 0 Å². The lowest BCUT2D eigenvalue weighted by molar-refractivity contribution is -0.123. The van der Waals surface area contributed by atoms with E-state index in [0.717, 1.165) is 5.56 Å². The molecule has 0 saturated carbocycles. The summed E-state index contributed by atoms with van der Waals surface area (Å²) in [5.41, 5.74) is 0.886. The van der Waals surface area contributed by atoms with E-state index in [2.05, 4.69) is 5.32 Å². The van der Waals surface area contributed by atoms with Crippen molar-refractivity contribution in [2.24, 2.45) is 0 Å². The number of benzene rings is 2. The predicted molar refractivity (Wildman–Crippen MR) is 82.2 cm³/mol. The van der Waals surface area contributed by atoms with E-state index >= 15 is 0 Å². The van der Waals surface area contributed by atoms with Crippen LogP contribution in [-0.4, -0.2) is 23.6 Å². The number of hydrogen-bond acceptors (Lipinski definition) is 3. The summed E-state index contributed by atoms with van der Waals surface area (Å²) < 4.78 is 5.25. The number of halogens is 1. The Morgan fingerprint density at radius 2 is 1.91 bits per heavy atom. The minimum atomic E-state index is -1.10. The van der Waals surface area contributed by atoms with Gasteiger partial charge in [0.25, 0.3) is 5.91 Å². The minimum Gasteiger partial charge on any atom is -0.483 e. The highest BCUT2D eigenvalue weighted by Gasteiger charge is 2.11. The maximum absolute atomic E-state index is 11.7. The van der Waals surface area contributed by atoms with Gasteiger partial charge in [0.15, 0.2) is 6.61 Å². The molecule has 0 radical (unpaired) electrons. The summed E-state index contributed by atoms with van der Waals surface area (Å²) >= 11 is 5.86. The fourth-order valence-electron chi connectivity index (χ4n) is 1.81. The summed E-state index contributed by atoms with van der Waals surface area (Å²) in [5.74, 6) is -1.29. The Kier molecular flexibility index (Phi) is 5.38. The number of ether oxygens (including phenoxy) is 1. The van der Waals surface area contributed by atoms with Crippen LogP contribution in [0.15, 0.2) is 48.5 Å². The Bertz CT molecular complexity index is 687. The first-order chi connectivity index (χ1) is 10.6. The Morgan fingerprint density at radius 1 is 1.14 bits per heavy atom. The summed E-state index contributed by atoms with van der Waals surface area (Å²) in [6.07, 6.45) is 0. The van der Waals surface area contributed by atoms with Gasteiger partial charge in [0.1, 0.15) is 11.3 Å². The Labute approximate surface area is 132 Å². The SMILES string of the molecule is O=C(COc1ccccc1C(=O)O)NCc1cccc(Cl)c1. The van der Waals surface area contributed by atoms with Crippen LogP contribution < -0.4 is 10.1 Å². The topological polar surface area (TPSA) is 75.6 Å². The van der Waals surface area contributed by atoms with E-state index in [1.807, 2.05) is 6.07 Å². The molecule has 5 nitrogen and oxygen atoms in total. The van der Waals surface area contributed by atoms with E-state index in [9.17, 15) is 9.59 Å². The number of carboxylic acid groups (broad SMARTS) is 1. The van der Waals surface area contributed by atoms with Crippen LogP contribution in [0.2, 0.25) is 5.02 Å². The second kappa shape index (κ2) is 7.47. The maximum Gasteiger partial charge on any atom is 0.339 e. The fourth-order valence-corrected chi connectivity index (χ4v) is 2.02. The number of rotatable bonds is 6. The van der Waals surface area contributed by atoms with Crippen molar-refractivity contribution in [3.05, 3.63) is 64.7 Å². The molecule has 2 rings (SSSR count). The van der Waals surface area contributed by atoms with Gasteiger partial charge in [-0.05, 0) is 29.8 Å². The van der Waals surface area contributed by atoms with Crippen molar-refractivity contribution in [3.63, 3.8) is 0 Å². The number of hydrogen-bond donors (Lipinski definition) is 2. The second-order valence-corrected chi connectivity index (χ2v) is 4.93. The zero-order chi connectivity index (χ0) is 15.9. The number of nitrogens with one attached hydrogen (secondary N) is 1. The van der Waals surface area contributed by atoms with E-state index in [1.165, 1.54) is 12.1 Å². The third-order valence-corrected chi connectivity index (χ3v) is 3.09. The van der Waals surface area contributed by atoms with E-state index in [-0.39, 0.29) is 23.8 Å². The van der Waals surface area contributed by atoms with Crippen LogP contribution in [-0.2, 0) is 11.3 Å². The Hall–Kier alpha value is -2.53. The molecule has 114 valence electrons. The van der Waals surface area contributed by atoms with Crippen LogP contribution in [0, 0.1) is 0 Å². The monoisotopic (exact) mass is 319 g/mol. The van der Waals surface area contributed by atoms with Gasteiger partial charge in [-0.2, -0.15) is 0 Å². The molecule has 0 aliphatic carbocycles. The zero-order valence-electron chi connectivity index (χ0n) is 11.6. The van der Waals surface area contributed by atoms with Gasteiger partial charge in [-0.25, -0.2) is 4.79 Å². The number of para-hydroxylation sites is 1. The van der Waals surface area contributed by atoms with E-state index in [0.29, 0.717) is 11.6 Å². The highest BCUT2D eigenvalue weighted by Crippen LogP contribution is 2.17. The number of amides is 1. The van der Waals surface area contributed by atoms with Gasteiger partial charge in [-0.15, -0.1) is 0 Å². The normalized spacial score (nSPS) is 10.0. The molecule has 0 unspecified atom stereocenters. The molecular formula is C16H14ClNO4. The van der Waals surface area contributed by atoms with Crippen LogP contribution in [0.3, 0.4) is 0 Å². The minimum absolute atomic E-state index is 0.0186. The number of carbonyl (C=O) groups excluding carboxylic acids is 1. The van der Waals surface area contributed by atoms with Crippen molar-refractivity contribution in [1.82, 2.24) is 5.32 Å². The predicted octanol–water partition coefficient (Wildman–Crippen LogP) is 2.73. The molecule has 2 aromatic rings. The Balaban J connectivity index is 1.87. The number of aromatic carboxylic acids is 1. The highest BCUT2D eigenvalue weighted by molar-refractivity contribution is 6.30. The number of carboxylic acids is 1. The molecule has 0 heterocycles. The first-order valence-electron chi connectivity index (χ1n) is 6.52. The standard InChI is InChI=1S/C16H14ClNO4/c17-12-5-3-4-11(8-12)9-18-15(19)10-22-14-7-2-1-6-13(14)16(20)21/h1-8H,9-10H2,(H,18,19)(H,20,21). The number of carbonyl (C=O) groups is 2. The van der Waals surface area contributed by atoms with E-state index in [1.54, 1.807) is 30.3 Å². The summed E-state index contributed by atoms with van der Waals surface area (Å²) in [6.45, 7) is 0.0637. The van der Waals surface area contributed by atoms with E-state index < -0.39 is 5.97 Å². The molecule has 0 bridgehead atoms. The van der Waals surface area contributed by atoms with Crippen LogP contribution in [0.1, 0.15) is 15.9 Å². The lowest BCUT2D eigenvalue weighted by Crippen LogP contribution is -2.28. The molecule has 6 heteroatoms. The lowest BCUT2D eigenvalue weighted by atomic mass is 10.2. The van der Waals surface area contributed by atoms with E-state index in [4.69, 9.17) is 21.4 Å². The van der Waals surface area contributed by atoms with Gasteiger partial charge in [-0.1, -0.05) is 35.9 Å². The third kappa shape index (κ3) is 4.49. The van der Waals surface area contributed by atoms with Gasteiger partial charge in [-0.3, -0.25) is 4.79 Å². The molecule has 0 aliphatic rings. The molecule has 2 N–H and O–H groups in total. The molecule has 0 aliphatic heterocycles. The molecule has 0 saturated heterocycles. The lowest BCUT2D eigenvalue weighted by Gasteiger charge is -2.09. The highest BCUT2D eigenvalue weighted by atomic mass is 35.5. The van der Waals surface area contributed by atoms with Crippen LogP contribution >= 0.6 is 11.6 Å². The summed E-state index contributed by atoms with van der Waals surface area (Å²) in [7, 11) is 0. The van der Waals surface area contributed by atoms with Gasteiger partial charge < -0.3 is 15.2 Å². The van der Waals surface area contributed by atoms with Crippen molar-refractivity contribution in [1.29, 1.82) is 0 Å². The Morgan fingerprint density at radius 3 is 2.64 bits per heavy atom. The maximum atomic E-state index is 11.7. The second-order valence-electron chi connectivity index (χ2n) is 4.50. The molecule has 0 atom stereocenters. The zero-order valence-corrected chi connectivity index (χ0v) is 12.3. The summed E-state index contributed by atoms with van der Waals surface area (Å²) in [4.78, 5) is 22.8. The molecule has 0 fully saturated rings. The van der Waals surface area contributed by atoms with Gasteiger partial charge >= 0.3 is 5.97 Å². The van der Waals surface area contributed by atoms with Crippen LogP contribution in [0.25, 0.3) is 0 Å². The average molecular weight is 320 g/mol. The van der Waals surface area contributed by atoms with Gasteiger partial charge in [0, 0.05) is 11.6 Å². The first kappa shape index (κ1) is 15.9. The summed E-state index contributed by atoms with van der Waals surface area (Å²) in [6, 6.07) is 13.3. The molecule has 22 heavy (non-hydrogen) atoms. The molecule has 0 aromatic heterocycles. The third-order valence-electron chi connectivity index (χ3n) is 2.85. The van der Waals surface area contributed by atoms with Crippen molar-refractivity contribution in [2.45, 2.75) is 6.54 Å². The molecule has 1 amide bonds. The van der Waals surface area contributed by atoms with Crippen LogP contribution in [0.5, 0.6) is 5.75 Å². The first-order valence-corrected chi connectivity index (χ1v) is 6.90. The molecule has 0 spiro atoms. The van der Waals surface area contributed by atoms with Crippen molar-refractivity contribution >= 4 is 23.5 Å².